The minimum Gasteiger partial charge on any atom is -0.497 e. The normalized spacial score (nSPS) is 14.3. The van der Waals surface area contributed by atoms with Crippen molar-refractivity contribution in [2.45, 2.75) is 26.7 Å². The number of rotatable bonds is 9. The summed E-state index contributed by atoms with van der Waals surface area (Å²) < 4.78 is 6.21. The van der Waals surface area contributed by atoms with E-state index in [1.54, 1.807) is 12.0 Å². The summed E-state index contributed by atoms with van der Waals surface area (Å²) in [5.41, 5.74) is 0.755. The zero-order chi connectivity index (χ0) is 21.0. The van der Waals surface area contributed by atoms with E-state index in [4.69, 9.17) is 4.74 Å². The Balaban J connectivity index is 1.86. The lowest BCUT2D eigenvalue weighted by atomic mass is 10.3. The van der Waals surface area contributed by atoms with Crippen LogP contribution < -0.4 is 14.5 Å². The Morgan fingerprint density at radius 3 is 2.55 bits per heavy atom. The lowest BCUT2D eigenvalue weighted by Gasteiger charge is -2.24. The molecule has 3 rings (SSSR count). The largest absolute Gasteiger partial charge is 0.497 e. The minimum atomic E-state index is -0.286. The lowest BCUT2D eigenvalue weighted by molar-refractivity contribution is -0.894. The molecule has 9 heteroatoms. The fourth-order valence-electron chi connectivity index (χ4n) is 3.36. The Bertz CT molecular complexity index is 893. The number of aromatic nitrogens is 1. The van der Waals surface area contributed by atoms with Crippen LogP contribution in [0.2, 0.25) is 0 Å². The first-order valence-electron chi connectivity index (χ1n) is 9.88. The smallest absolute Gasteiger partial charge is 0.249 e. The molecular formula is C20H27N4O4S+. The molecule has 1 N–H and O–H groups in total. The van der Waals surface area contributed by atoms with Gasteiger partial charge in [0.15, 0.2) is 5.13 Å². The lowest BCUT2D eigenvalue weighted by Crippen LogP contribution is -3.12. The molecule has 0 radical (unpaired) electrons. The van der Waals surface area contributed by atoms with Gasteiger partial charge in [-0.05, 0) is 26.0 Å². The topological polar surface area (TPSA) is 84.3 Å². The average molecular weight is 420 g/mol. The molecule has 0 atom stereocenters. The number of methoxy groups -OCH3 is 1. The number of amides is 3. The molecule has 1 aromatic carbocycles. The fraction of sp³-hybridized carbons (Fsp3) is 0.500. The highest BCUT2D eigenvalue weighted by Gasteiger charge is 2.33. The molecule has 8 nitrogen and oxygen atoms in total. The summed E-state index contributed by atoms with van der Waals surface area (Å²) in [5.74, 6) is -0.155. The average Bonchev–Trinajstić information content (AvgIpc) is 3.28. The van der Waals surface area contributed by atoms with Crippen molar-refractivity contribution in [1.29, 1.82) is 0 Å². The van der Waals surface area contributed by atoms with Gasteiger partial charge < -0.3 is 9.64 Å². The SMILES string of the molecule is CC[NH+](CC)CCN(C(=O)CN1C(=O)CCC1=O)c1nc2cc(OC)ccc2s1. The van der Waals surface area contributed by atoms with Crippen molar-refractivity contribution in [2.75, 3.05) is 44.7 Å². The van der Waals surface area contributed by atoms with E-state index in [0.29, 0.717) is 17.4 Å². The van der Waals surface area contributed by atoms with E-state index in [1.807, 2.05) is 18.2 Å². The summed E-state index contributed by atoms with van der Waals surface area (Å²) in [5, 5.41) is 0.573. The molecule has 156 valence electrons. The molecule has 1 aliphatic heterocycles. The molecule has 0 spiro atoms. The molecule has 0 unspecified atom stereocenters. The molecule has 1 aromatic heterocycles. The Morgan fingerprint density at radius 1 is 1.24 bits per heavy atom. The van der Waals surface area contributed by atoms with Gasteiger partial charge in [-0.2, -0.15) is 0 Å². The monoisotopic (exact) mass is 419 g/mol. The van der Waals surface area contributed by atoms with E-state index in [9.17, 15) is 14.4 Å². The number of nitrogens with zero attached hydrogens (tertiary/aromatic N) is 3. The number of benzene rings is 1. The van der Waals surface area contributed by atoms with Gasteiger partial charge in [0.1, 0.15) is 12.3 Å². The molecule has 1 saturated heterocycles. The van der Waals surface area contributed by atoms with Gasteiger partial charge >= 0.3 is 0 Å². The van der Waals surface area contributed by atoms with Crippen molar-refractivity contribution < 1.29 is 24.0 Å². The van der Waals surface area contributed by atoms with Gasteiger partial charge in [-0.15, -0.1) is 0 Å². The van der Waals surface area contributed by atoms with Gasteiger partial charge in [0, 0.05) is 18.9 Å². The van der Waals surface area contributed by atoms with Crippen molar-refractivity contribution in [3.05, 3.63) is 18.2 Å². The van der Waals surface area contributed by atoms with Gasteiger partial charge in [-0.3, -0.25) is 24.2 Å². The Hall–Kier alpha value is -2.52. The van der Waals surface area contributed by atoms with Crippen LogP contribution in [0.25, 0.3) is 10.2 Å². The Morgan fingerprint density at radius 2 is 1.93 bits per heavy atom. The zero-order valence-corrected chi connectivity index (χ0v) is 17.9. The van der Waals surface area contributed by atoms with Gasteiger partial charge in [0.25, 0.3) is 0 Å². The number of likely N-dealkylation sites (N-methyl/N-ethyl adjacent to an activating group) is 1. The van der Waals surface area contributed by atoms with Gasteiger partial charge in [-0.1, -0.05) is 11.3 Å². The maximum absolute atomic E-state index is 13.1. The third kappa shape index (κ3) is 4.73. The number of imide groups is 1. The summed E-state index contributed by atoms with van der Waals surface area (Å²) in [4.78, 5) is 45.7. The molecule has 1 aliphatic rings. The molecule has 0 bridgehead atoms. The first-order valence-corrected chi connectivity index (χ1v) is 10.7. The number of carbonyl (C=O) groups excluding carboxylic acids is 3. The van der Waals surface area contributed by atoms with Crippen molar-refractivity contribution >= 4 is 44.4 Å². The van der Waals surface area contributed by atoms with Gasteiger partial charge in [-0.25, -0.2) is 4.98 Å². The first-order chi connectivity index (χ1) is 14.0. The number of quaternary nitrogens is 1. The summed E-state index contributed by atoms with van der Waals surface area (Å²) >= 11 is 1.42. The second-order valence-electron chi connectivity index (χ2n) is 6.96. The molecule has 3 amide bonds. The molecule has 29 heavy (non-hydrogen) atoms. The zero-order valence-electron chi connectivity index (χ0n) is 17.1. The van der Waals surface area contributed by atoms with Crippen LogP contribution >= 0.6 is 11.3 Å². The van der Waals surface area contributed by atoms with Crippen LogP contribution in [0.4, 0.5) is 5.13 Å². The van der Waals surface area contributed by atoms with Crippen LogP contribution in [0.3, 0.4) is 0 Å². The van der Waals surface area contributed by atoms with Crippen molar-refractivity contribution in [2.24, 2.45) is 0 Å². The number of thiazole rings is 1. The summed E-state index contributed by atoms with van der Waals surface area (Å²) in [7, 11) is 1.60. The maximum Gasteiger partial charge on any atom is 0.249 e. The van der Waals surface area contributed by atoms with Crippen molar-refractivity contribution in [1.82, 2.24) is 9.88 Å². The van der Waals surface area contributed by atoms with E-state index in [0.717, 1.165) is 34.8 Å². The number of carbonyl (C=O) groups is 3. The summed E-state index contributed by atoms with van der Waals surface area (Å²) in [6, 6.07) is 5.61. The number of nitrogens with one attached hydrogen (secondary N) is 1. The quantitative estimate of drug-likeness (QED) is 0.606. The molecule has 1 fully saturated rings. The minimum absolute atomic E-state index is 0.177. The highest BCUT2D eigenvalue weighted by molar-refractivity contribution is 7.22. The molecular weight excluding hydrogens is 392 g/mol. The van der Waals surface area contributed by atoms with Crippen LogP contribution in [0.15, 0.2) is 18.2 Å². The third-order valence-electron chi connectivity index (χ3n) is 5.25. The second kappa shape index (κ2) is 9.32. The van der Waals surface area contributed by atoms with Crippen LogP contribution in [-0.2, 0) is 14.4 Å². The van der Waals surface area contributed by atoms with Crippen LogP contribution in [0, 0.1) is 0 Å². The van der Waals surface area contributed by atoms with E-state index in [1.165, 1.54) is 16.2 Å². The maximum atomic E-state index is 13.1. The van der Waals surface area contributed by atoms with Gasteiger partial charge in [0.2, 0.25) is 17.7 Å². The third-order valence-corrected chi connectivity index (χ3v) is 6.31. The van der Waals surface area contributed by atoms with Crippen molar-refractivity contribution in [3.63, 3.8) is 0 Å². The fourth-order valence-corrected chi connectivity index (χ4v) is 4.35. The number of fused-ring (bicyclic) bond motifs is 1. The molecule has 0 saturated carbocycles. The Kier molecular flexibility index (Phi) is 6.81. The highest BCUT2D eigenvalue weighted by atomic mass is 32.1. The summed E-state index contributed by atoms with van der Waals surface area (Å²) in [6.45, 7) is 7.14. The van der Waals surface area contributed by atoms with E-state index in [-0.39, 0.29) is 37.1 Å². The van der Waals surface area contributed by atoms with Crippen LogP contribution in [0.1, 0.15) is 26.7 Å². The molecule has 0 aliphatic carbocycles. The Labute approximate surface area is 174 Å². The van der Waals surface area contributed by atoms with Crippen LogP contribution in [-0.4, -0.2) is 67.4 Å². The predicted molar refractivity (Wildman–Crippen MR) is 111 cm³/mol. The number of hydrogen-bond acceptors (Lipinski definition) is 6. The second-order valence-corrected chi connectivity index (χ2v) is 7.97. The number of anilines is 1. The van der Waals surface area contributed by atoms with E-state index in [2.05, 4.69) is 18.8 Å². The number of likely N-dealkylation sites (tertiary alicyclic amines) is 1. The van der Waals surface area contributed by atoms with E-state index >= 15 is 0 Å². The van der Waals surface area contributed by atoms with Crippen molar-refractivity contribution in [3.8, 4) is 5.75 Å². The van der Waals surface area contributed by atoms with E-state index < -0.39 is 0 Å². The standard InChI is InChI=1S/C20H26N4O4S/c1-4-22(5-2)10-11-23(19(27)13-24-17(25)8-9-18(24)26)20-21-15-12-14(28-3)6-7-16(15)29-20/h6-7,12H,4-5,8-11,13H2,1-3H3/p+1. The number of hydrogen-bond donors (Lipinski definition) is 1. The first kappa shape index (κ1) is 21.2. The van der Waals surface area contributed by atoms with Gasteiger partial charge in [0.05, 0.1) is 43.5 Å². The molecule has 2 heterocycles. The number of ether oxygens (including phenoxy) is 1. The highest BCUT2D eigenvalue weighted by Crippen LogP contribution is 2.31. The molecule has 2 aromatic rings. The summed E-state index contributed by atoms with van der Waals surface area (Å²) in [6.07, 6.45) is 0.354. The van der Waals surface area contributed by atoms with Crippen LogP contribution in [0.5, 0.6) is 5.75 Å². The predicted octanol–water partition coefficient (Wildman–Crippen LogP) is 0.712.